The van der Waals surface area contributed by atoms with Crippen molar-refractivity contribution in [3.63, 3.8) is 0 Å². The number of benzene rings is 1. The van der Waals surface area contributed by atoms with E-state index in [4.69, 9.17) is 5.11 Å². The first kappa shape index (κ1) is 17.9. The van der Waals surface area contributed by atoms with Gasteiger partial charge in [-0.05, 0) is 38.6 Å². The monoisotopic (exact) mass is 309 g/mol. The molecule has 22 heavy (non-hydrogen) atoms. The van der Waals surface area contributed by atoms with Crippen LogP contribution in [0.15, 0.2) is 24.3 Å². The molecule has 0 bridgehead atoms. The van der Waals surface area contributed by atoms with Gasteiger partial charge in [-0.15, -0.1) is 0 Å². The summed E-state index contributed by atoms with van der Waals surface area (Å²) in [5.41, 5.74) is 1.16. The molecule has 0 aliphatic rings. The number of nitrogens with zero attached hydrogens (tertiary/aromatic N) is 1. The molecule has 0 aromatic heterocycles. The third-order valence-corrected chi connectivity index (χ3v) is 3.03. The molecule has 1 atom stereocenters. The smallest absolute Gasteiger partial charge is 0.325 e. The third kappa shape index (κ3) is 5.34. The zero-order valence-corrected chi connectivity index (χ0v) is 13.0. The van der Waals surface area contributed by atoms with Crippen LogP contribution in [0.5, 0.6) is 0 Å². The van der Waals surface area contributed by atoms with Crippen LogP contribution in [0.25, 0.3) is 0 Å². The van der Waals surface area contributed by atoms with Gasteiger partial charge in [-0.2, -0.15) is 0 Å². The van der Waals surface area contributed by atoms with Crippen molar-refractivity contribution >= 4 is 17.7 Å². The van der Waals surface area contributed by atoms with E-state index in [2.05, 4.69) is 10.6 Å². The first-order valence-electron chi connectivity index (χ1n) is 7.06. The molecular weight excluding hydrogens is 286 g/mol. The van der Waals surface area contributed by atoms with Crippen LogP contribution in [0, 0.1) is 0 Å². The van der Waals surface area contributed by atoms with Crippen molar-refractivity contribution in [3.05, 3.63) is 29.8 Å². The van der Waals surface area contributed by atoms with Crippen molar-refractivity contribution < 1.29 is 19.8 Å². The van der Waals surface area contributed by atoms with E-state index < -0.39 is 12.0 Å². The van der Waals surface area contributed by atoms with Crippen LogP contribution in [0.2, 0.25) is 0 Å². The molecule has 122 valence electrons. The fourth-order valence-electron chi connectivity index (χ4n) is 2.05. The van der Waals surface area contributed by atoms with E-state index in [0.29, 0.717) is 11.3 Å². The van der Waals surface area contributed by atoms with E-state index in [1.165, 1.54) is 0 Å². The van der Waals surface area contributed by atoms with E-state index in [9.17, 15) is 14.7 Å². The van der Waals surface area contributed by atoms with Gasteiger partial charge >= 0.3 is 12.0 Å². The maximum absolute atomic E-state index is 11.6. The van der Waals surface area contributed by atoms with Crippen molar-refractivity contribution in [2.24, 2.45) is 0 Å². The number of hydrogen-bond acceptors (Lipinski definition) is 4. The van der Waals surface area contributed by atoms with Gasteiger partial charge in [-0.3, -0.25) is 9.69 Å². The molecule has 0 unspecified atom stereocenters. The number of hydrogen-bond donors (Lipinski definition) is 4. The molecule has 0 aliphatic carbocycles. The highest BCUT2D eigenvalue weighted by Gasteiger charge is 2.24. The molecule has 2 amide bonds. The zero-order chi connectivity index (χ0) is 16.7. The lowest BCUT2D eigenvalue weighted by atomic mass is 10.1. The van der Waals surface area contributed by atoms with Gasteiger partial charge in [0.1, 0.15) is 6.04 Å². The first-order valence-corrected chi connectivity index (χ1v) is 7.06. The molecule has 0 spiro atoms. The van der Waals surface area contributed by atoms with Crippen LogP contribution in [0.1, 0.15) is 25.5 Å². The highest BCUT2D eigenvalue weighted by Crippen LogP contribution is 2.21. The molecule has 0 saturated carbocycles. The Bertz CT molecular complexity index is 502. The molecule has 0 saturated heterocycles. The fourth-order valence-corrected chi connectivity index (χ4v) is 2.05. The molecule has 0 radical (unpaired) electrons. The number of rotatable bonds is 7. The average molecular weight is 309 g/mol. The fraction of sp³-hybridized carbons (Fsp3) is 0.467. The highest BCUT2D eigenvalue weighted by atomic mass is 16.4. The van der Waals surface area contributed by atoms with Crippen LogP contribution in [0.4, 0.5) is 10.5 Å². The van der Waals surface area contributed by atoms with E-state index in [0.717, 1.165) is 0 Å². The summed E-state index contributed by atoms with van der Waals surface area (Å²) < 4.78 is 0. The zero-order valence-electron chi connectivity index (χ0n) is 13.0. The number of nitrogens with one attached hydrogen (secondary N) is 2. The quantitative estimate of drug-likeness (QED) is 0.607. The molecule has 4 N–H and O–H groups in total. The lowest BCUT2D eigenvalue weighted by Gasteiger charge is -2.24. The second-order valence-corrected chi connectivity index (χ2v) is 5.32. The summed E-state index contributed by atoms with van der Waals surface area (Å²) in [4.78, 5) is 24.5. The van der Waals surface area contributed by atoms with Gasteiger partial charge in [-0.1, -0.05) is 12.1 Å². The maximum atomic E-state index is 11.6. The van der Waals surface area contributed by atoms with Crippen molar-refractivity contribution in [3.8, 4) is 0 Å². The van der Waals surface area contributed by atoms with Crippen molar-refractivity contribution in [2.75, 3.05) is 25.5 Å². The van der Waals surface area contributed by atoms with E-state index >= 15 is 0 Å². The molecule has 1 rings (SSSR count). The van der Waals surface area contributed by atoms with Crippen LogP contribution < -0.4 is 10.6 Å². The van der Waals surface area contributed by atoms with Gasteiger partial charge in [0.25, 0.3) is 0 Å². The van der Waals surface area contributed by atoms with E-state index in [-0.39, 0.29) is 25.2 Å². The van der Waals surface area contributed by atoms with Crippen LogP contribution in [0.3, 0.4) is 0 Å². The molecule has 1 aromatic carbocycles. The SMILES string of the molecule is CC(C)NC(=O)Nc1ccc([C@@H](C(=O)O)N(C)CCO)cc1. The molecule has 7 heteroatoms. The first-order chi connectivity index (χ1) is 10.3. The Morgan fingerprint density at radius 1 is 1.23 bits per heavy atom. The summed E-state index contributed by atoms with van der Waals surface area (Å²) in [5.74, 6) is -0.991. The van der Waals surface area contributed by atoms with Gasteiger partial charge in [-0.25, -0.2) is 4.79 Å². The van der Waals surface area contributed by atoms with Crippen molar-refractivity contribution in [1.82, 2.24) is 10.2 Å². The highest BCUT2D eigenvalue weighted by molar-refractivity contribution is 5.89. The number of carbonyl (C=O) groups is 2. The number of aliphatic hydroxyl groups excluding tert-OH is 1. The van der Waals surface area contributed by atoms with Gasteiger partial charge in [0.15, 0.2) is 0 Å². The number of aliphatic carboxylic acids is 1. The predicted octanol–water partition coefficient (Wildman–Crippen LogP) is 1.27. The van der Waals surface area contributed by atoms with Crippen molar-refractivity contribution in [1.29, 1.82) is 0 Å². The minimum atomic E-state index is -0.991. The largest absolute Gasteiger partial charge is 0.480 e. The second kappa shape index (κ2) is 8.35. The number of likely N-dealkylation sites (N-methyl/N-ethyl adjacent to an activating group) is 1. The normalized spacial score (nSPS) is 12.3. The Hall–Kier alpha value is -2.12. The molecule has 0 aliphatic heterocycles. The number of carbonyl (C=O) groups excluding carboxylic acids is 1. The number of anilines is 1. The minimum Gasteiger partial charge on any atom is -0.480 e. The van der Waals surface area contributed by atoms with Gasteiger partial charge < -0.3 is 20.8 Å². The number of carboxylic acids is 1. The number of carboxylic acid groups (broad SMARTS) is 1. The summed E-state index contributed by atoms with van der Waals surface area (Å²) in [6.45, 7) is 3.86. The number of urea groups is 1. The van der Waals surface area contributed by atoms with Gasteiger partial charge in [0.05, 0.1) is 6.61 Å². The Morgan fingerprint density at radius 2 is 1.82 bits per heavy atom. The Kier molecular flexibility index (Phi) is 6.81. The summed E-state index contributed by atoms with van der Waals surface area (Å²) in [6, 6.07) is 5.48. The number of aliphatic hydroxyl groups is 1. The summed E-state index contributed by atoms with van der Waals surface area (Å²) in [5, 5.41) is 23.6. The Morgan fingerprint density at radius 3 is 2.27 bits per heavy atom. The summed E-state index contributed by atoms with van der Waals surface area (Å²) >= 11 is 0. The van der Waals surface area contributed by atoms with E-state index in [1.807, 2.05) is 13.8 Å². The van der Waals surface area contributed by atoms with Gasteiger partial charge in [0, 0.05) is 18.3 Å². The van der Waals surface area contributed by atoms with E-state index in [1.54, 1.807) is 36.2 Å². The lowest BCUT2D eigenvalue weighted by molar-refractivity contribution is -0.143. The molecular formula is C15H23N3O4. The molecule has 0 heterocycles. The Balaban J connectivity index is 2.81. The van der Waals surface area contributed by atoms with Crippen molar-refractivity contribution in [2.45, 2.75) is 25.9 Å². The third-order valence-electron chi connectivity index (χ3n) is 3.03. The molecule has 0 fully saturated rings. The second-order valence-electron chi connectivity index (χ2n) is 5.32. The lowest BCUT2D eigenvalue weighted by Crippen LogP contribution is -2.34. The molecule has 7 nitrogen and oxygen atoms in total. The van der Waals surface area contributed by atoms with Crippen LogP contribution in [-0.4, -0.2) is 53.4 Å². The van der Waals surface area contributed by atoms with Gasteiger partial charge in [0.2, 0.25) is 0 Å². The number of amides is 2. The standard InChI is InChI=1S/C15H23N3O4/c1-10(2)16-15(22)17-12-6-4-11(5-7-12)13(14(20)21)18(3)8-9-19/h4-7,10,13,19H,8-9H2,1-3H3,(H,20,21)(H2,16,17,22)/t13-/m0/s1. The molecule has 1 aromatic rings. The van der Waals surface area contributed by atoms with Crippen LogP contribution in [-0.2, 0) is 4.79 Å². The predicted molar refractivity (Wildman–Crippen MR) is 83.8 cm³/mol. The topological polar surface area (TPSA) is 102 Å². The summed E-state index contributed by atoms with van der Waals surface area (Å²) in [6.07, 6.45) is 0. The Labute approximate surface area is 129 Å². The van der Waals surface area contributed by atoms with Crippen LogP contribution >= 0.6 is 0 Å². The average Bonchev–Trinajstić information content (AvgIpc) is 2.39. The summed E-state index contributed by atoms with van der Waals surface area (Å²) in [7, 11) is 1.64. The maximum Gasteiger partial charge on any atom is 0.325 e. The minimum absolute atomic E-state index is 0.0304.